The number of carbonyl (C=O) groups is 1. The quantitative estimate of drug-likeness (QED) is 0.701. The average molecular weight is 222 g/mol. The van der Waals surface area contributed by atoms with E-state index in [1.807, 2.05) is 6.92 Å². The van der Waals surface area contributed by atoms with Crippen molar-refractivity contribution in [1.82, 2.24) is 5.32 Å². The number of rotatable bonds is 5. The summed E-state index contributed by atoms with van der Waals surface area (Å²) >= 11 is 0. The highest BCUT2D eigenvalue weighted by atomic mass is 16.3. The molecular weight excluding hydrogens is 204 g/mol. The molecule has 4 N–H and O–H groups in total. The molecule has 1 aromatic carbocycles. The van der Waals surface area contributed by atoms with E-state index in [2.05, 4.69) is 5.32 Å². The number of nitrogens with one attached hydrogen (secondary N) is 1. The predicted molar refractivity (Wildman–Crippen MR) is 63.3 cm³/mol. The Morgan fingerprint density at radius 2 is 2.31 bits per heavy atom. The molecule has 4 nitrogen and oxygen atoms in total. The van der Waals surface area contributed by atoms with Gasteiger partial charge in [-0.2, -0.15) is 0 Å². The summed E-state index contributed by atoms with van der Waals surface area (Å²) in [6, 6.07) is 6.40. The normalized spacial score (nSPS) is 12.1. The lowest BCUT2D eigenvalue weighted by Crippen LogP contribution is -2.35. The summed E-state index contributed by atoms with van der Waals surface area (Å²) in [6.07, 6.45) is 1.61. The molecule has 0 saturated carbocycles. The van der Waals surface area contributed by atoms with Gasteiger partial charge in [0.05, 0.1) is 0 Å². The molecule has 1 atom stereocenters. The van der Waals surface area contributed by atoms with Crippen LogP contribution in [0, 0.1) is 0 Å². The summed E-state index contributed by atoms with van der Waals surface area (Å²) in [4.78, 5) is 11.8. The van der Waals surface area contributed by atoms with Crippen molar-refractivity contribution >= 4 is 5.91 Å². The number of hydrogen-bond acceptors (Lipinski definition) is 3. The highest BCUT2D eigenvalue weighted by molar-refractivity contribution is 5.94. The van der Waals surface area contributed by atoms with Gasteiger partial charge in [-0.3, -0.25) is 4.79 Å². The first-order valence-electron chi connectivity index (χ1n) is 5.47. The van der Waals surface area contributed by atoms with Gasteiger partial charge in [-0.1, -0.05) is 13.0 Å². The third kappa shape index (κ3) is 3.55. The first kappa shape index (κ1) is 12.5. The fourth-order valence-corrected chi connectivity index (χ4v) is 1.50. The van der Waals surface area contributed by atoms with Gasteiger partial charge in [-0.15, -0.1) is 0 Å². The molecule has 0 aliphatic carbocycles. The van der Waals surface area contributed by atoms with E-state index in [1.165, 1.54) is 12.1 Å². The van der Waals surface area contributed by atoms with Gasteiger partial charge in [0, 0.05) is 11.6 Å². The lowest BCUT2D eigenvalue weighted by molar-refractivity contribution is 0.0934. The molecule has 0 saturated heterocycles. The van der Waals surface area contributed by atoms with Crippen LogP contribution in [-0.4, -0.2) is 23.6 Å². The Kier molecular flexibility index (Phi) is 4.79. The predicted octanol–water partition coefficient (Wildman–Crippen LogP) is 1.25. The molecule has 16 heavy (non-hydrogen) atoms. The second-order valence-electron chi connectivity index (χ2n) is 3.71. The molecule has 0 heterocycles. The van der Waals surface area contributed by atoms with Crippen molar-refractivity contribution in [3.63, 3.8) is 0 Å². The van der Waals surface area contributed by atoms with Crippen molar-refractivity contribution in [3.05, 3.63) is 29.8 Å². The SMILES string of the molecule is CCC(CCN)NC(=O)c1cccc(O)c1. The standard InChI is InChI=1S/C12H18N2O2/c1-2-10(6-7-13)14-12(16)9-4-3-5-11(15)8-9/h3-5,8,10,15H,2,6-7,13H2,1H3,(H,14,16). The number of hydrogen-bond donors (Lipinski definition) is 3. The van der Waals surface area contributed by atoms with E-state index in [9.17, 15) is 9.90 Å². The van der Waals surface area contributed by atoms with Crippen LogP contribution in [0.1, 0.15) is 30.1 Å². The third-order valence-electron chi connectivity index (χ3n) is 2.45. The highest BCUT2D eigenvalue weighted by Gasteiger charge is 2.11. The van der Waals surface area contributed by atoms with Crippen LogP contribution in [0.3, 0.4) is 0 Å². The van der Waals surface area contributed by atoms with Crippen molar-refractivity contribution in [2.45, 2.75) is 25.8 Å². The molecule has 4 heteroatoms. The van der Waals surface area contributed by atoms with Gasteiger partial charge in [-0.25, -0.2) is 0 Å². The summed E-state index contributed by atoms with van der Waals surface area (Å²) < 4.78 is 0. The Morgan fingerprint density at radius 3 is 2.88 bits per heavy atom. The number of phenols is 1. The van der Waals surface area contributed by atoms with Gasteiger partial charge in [0.15, 0.2) is 0 Å². The lowest BCUT2D eigenvalue weighted by atomic mass is 10.1. The van der Waals surface area contributed by atoms with Crippen molar-refractivity contribution in [2.24, 2.45) is 5.73 Å². The van der Waals surface area contributed by atoms with Crippen molar-refractivity contribution in [2.75, 3.05) is 6.54 Å². The van der Waals surface area contributed by atoms with Gasteiger partial charge in [0.2, 0.25) is 0 Å². The summed E-state index contributed by atoms with van der Waals surface area (Å²) in [6.45, 7) is 2.56. The lowest BCUT2D eigenvalue weighted by Gasteiger charge is -2.15. The van der Waals surface area contributed by atoms with Gasteiger partial charge in [-0.05, 0) is 37.6 Å². The maximum absolute atomic E-state index is 11.8. The van der Waals surface area contributed by atoms with E-state index in [-0.39, 0.29) is 17.7 Å². The van der Waals surface area contributed by atoms with Gasteiger partial charge >= 0.3 is 0 Å². The molecule has 0 spiro atoms. The molecule has 0 radical (unpaired) electrons. The van der Waals surface area contributed by atoms with Crippen LogP contribution in [-0.2, 0) is 0 Å². The molecule has 0 aliphatic rings. The minimum atomic E-state index is -0.170. The fourth-order valence-electron chi connectivity index (χ4n) is 1.50. The van der Waals surface area contributed by atoms with Crippen molar-refractivity contribution in [1.29, 1.82) is 0 Å². The van der Waals surface area contributed by atoms with Crippen LogP contribution in [0.2, 0.25) is 0 Å². The van der Waals surface area contributed by atoms with E-state index in [1.54, 1.807) is 12.1 Å². The molecule has 0 aliphatic heterocycles. The number of phenolic OH excluding ortho intramolecular Hbond substituents is 1. The van der Waals surface area contributed by atoms with E-state index >= 15 is 0 Å². The highest BCUT2D eigenvalue weighted by Crippen LogP contribution is 2.11. The first-order valence-corrected chi connectivity index (χ1v) is 5.47. The molecule has 1 aromatic rings. The van der Waals surface area contributed by atoms with E-state index < -0.39 is 0 Å². The Morgan fingerprint density at radius 1 is 1.56 bits per heavy atom. The summed E-state index contributed by atoms with van der Waals surface area (Å²) in [5.74, 6) is -0.0734. The van der Waals surface area contributed by atoms with Crippen LogP contribution in [0.25, 0.3) is 0 Å². The second-order valence-corrected chi connectivity index (χ2v) is 3.71. The second kappa shape index (κ2) is 6.12. The smallest absolute Gasteiger partial charge is 0.251 e. The number of amides is 1. The topological polar surface area (TPSA) is 75.3 Å². The molecule has 1 unspecified atom stereocenters. The summed E-state index contributed by atoms with van der Waals surface area (Å²) in [7, 11) is 0. The van der Waals surface area contributed by atoms with Gasteiger partial charge in [0.25, 0.3) is 5.91 Å². The molecule has 0 bridgehead atoms. The zero-order valence-corrected chi connectivity index (χ0v) is 9.44. The number of nitrogens with two attached hydrogens (primary N) is 1. The van der Waals surface area contributed by atoms with Crippen LogP contribution in [0.4, 0.5) is 0 Å². The molecule has 0 aromatic heterocycles. The maximum Gasteiger partial charge on any atom is 0.251 e. The minimum absolute atomic E-state index is 0.0968. The third-order valence-corrected chi connectivity index (χ3v) is 2.45. The number of carbonyl (C=O) groups excluding carboxylic acids is 1. The van der Waals surface area contributed by atoms with E-state index in [0.717, 1.165) is 12.8 Å². The zero-order valence-electron chi connectivity index (χ0n) is 9.44. The number of aromatic hydroxyl groups is 1. The van der Waals surface area contributed by atoms with Crippen molar-refractivity contribution in [3.8, 4) is 5.75 Å². The van der Waals surface area contributed by atoms with Crippen LogP contribution < -0.4 is 11.1 Å². The van der Waals surface area contributed by atoms with Crippen LogP contribution in [0.5, 0.6) is 5.75 Å². The summed E-state index contributed by atoms with van der Waals surface area (Å²) in [5.41, 5.74) is 5.92. The zero-order chi connectivity index (χ0) is 12.0. The van der Waals surface area contributed by atoms with Crippen LogP contribution >= 0.6 is 0 Å². The van der Waals surface area contributed by atoms with Gasteiger partial charge in [0.1, 0.15) is 5.75 Å². The minimum Gasteiger partial charge on any atom is -0.508 e. The molecule has 0 fully saturated rings. The Bertz CT molecular complexity index is 353. The number of benzene rings is 1. The van der Waals surface area contributed by atoms with Gasteiger partial charge < -0.3 is 16.2 Å². The summed E-state index contributed by atoms with van der Waals surface area (Å²) in [5, 5.41) is 12.1. The Hall–Kier alpha value is -1.55. The monoisotopic (exact) mass is 222 g/mol. The molecule has 1 rings (SSSR count). The molecular formula is C12H18N2O2. The maximum atomic E-state index is 11.8. The van der Waals surface area contributed by atoms with E-state index in [4.69, 9.17) is 5.73 Å². The fraction of sp³-hybridized carbons (Fsp3) is 0.417. The van der Waals surface area contributed by atoms with E-state index in [0.29, 0.717) is 12.1 Å². The molecule has 88 valence electrons. The Labute approximate surface area is 95.5 Å². The Balaban J connectivity index is 2.64. The molecule has 1 amide bonds. The van der Waals surface area contributed by atoms with Crippen LogP contribution in [0.15, 0.2) is 24.3 Å². The largest absolute Gasteiger partial charge is 0.508 e. The first-order chi connectivity index (χ1) is 7.67. The van der Waals surface area contributed by atoms with Crippen molar-refractivity contribution < 1.29 is 9.90 Å². The average Bonchev–Trinajstić information content (AvgIpc) is 2.28.